The highest BCUT2D eigenvalue weighted by atomic mass is 32.2. The zero-order valence-electron chi connectivity index (χ0n) is 15.6. The number of hydrogen-bond donors (Lipinski definition) is 0. The molecule has 1 heterocycles. The van der Waals surface area contributed by atoms with Gasteiger partial charge >= 0.3 is 0 Å². The Morgan fingerprint density at radius 3 is 2.33 bits per heavy atom. The topological polar surface area (TPSA) is 23.6 Å². The second-order valence-electron chi connectivity index (χ2n) is 6.94. The predicted molar refractivity (Wildman–Crippen MR) is 113 cm³/mol. The Hall–Kier alpha value is -2.30. The van der Waals surface area contributed by atoms with Gasteiger partial charge in [-0.05, 0) is 40.8 Å². The molecule has 4 rings (SSSR count). The Morgan fingerprint density at radius 1 is 0.889 bits per heavy atom. The lowest BCUT2D eigenvalue weighted by molar-refractivity contribution is 0.0630. The molecule has 4 heteroatoms. The van der Waals surface area contributed by atoms with E-state index in [1.165, 1.54) is 10.5 Å². The summed E-state index contributed by atoms with van der Waals surface area (Å²) in [4.78, 5) is 18.8. The maximum atomic E-state index is 13.1. The minimum atomic E-state index is 0.149. The van der Waals surface area contributed by atoms with E-state index in [9.17, 15) is 4.79 Å². The standard InChI is InChI=1S/C23H24N2OS/c1-27-20-11-9-18(10-12-20)17-24-13-15-25(16-14-24)23(26)22-8-4-6-19-5-2-3-7-21(19)22/h2-12H,13-17H2,1H3. The van der Waals surface area contributed by atoms with Crippen LogP contribution in [0.15, 0.2) is 71.6 Å². The maximum Gasteiger partial charge on any atom is 0.254 e. The summed E-state index contributed by atoms with van der Waals surface area (Å²) < 4.78 is 0. The van der Waals surface area contributed by atoms with Crippen molar-refractivity contribution >= 4 is 28.4 Å². The number of nitrogens with zero attached hydrogens (tertiary/aromatic N) is 2. The van der Waals surface area contributed by atoms with Gasteiger partial charge in [0.05, 0.1) is 0 Å². The number of carbonyl (C=O) groups excluding carboxylic acids is 1. The van der Waals surface area contributed by atoms with E-state index in [0.717, 1.165) is 49.1 Å². The highest BCUT2D eigenvalue weighted by Crippen LogP contribution is 2.21. The fraction of sp³-hybridized carbons (Fsp3) is 0.261. The molecule has 3 aromatic carbocycles. The Balaban J connectivity index is 1.40. The number of fused-ring (bicyclic) bond motifs is 1. The molecular formula is C23H24N2OS. The normalized spacial score (nSPS) is 15.2. The first-order valence-electron chi connectivity index (χ1n) is 9.37. The lowest BCUT2D eigenvalue weighted by Gasteiger charge is -2.35. The second-order valence-corrected chi connectivity index (χ2v) is 7.82. The third kappa shape index (κ3) is 4.02. The Labute approximate surface area is 165 Å². The molecule has 1 saturated heterocycles. The summed E-state index contributed by atoms with van der Waals surface area (Å²) >= 11 is 1.77. The first kappa shape index (κ1) is 18.1. The van der Waals surface area contributed by atoms with Crippen LogP contribution in [-0.2, 0) is 6.54 Å². The second kappa shape index (κ2) is 8.15. The Bertz CT molecular complexity index is 925. The molecule has 1 aliphatic heterocycles. The van der Waals surface area contributed by atoms with E-state index < -0.39 is 0 Å². The van der Waals surface area contributed by atoms with Crippen molar-refractivity contribution in [2.45, 2.75) is 11.4 Å². The lowest BCUT2D eigenvalue weighted by Crippen LogP contribution is -2.48. The predicted octanol–water partition coefficient (Wildman–Crippen LogP) is 4.52. The van der Waals surface area contributed by atoms with Gasteiger partial charge in [0, 0.05) is 43.2 Å². The van der Waals surface area contributed by atoms with E-state index in [-0.39, 0.29) is 5.91 Å². The molecule has 0 bridgehead atoms. The highest BCUT2D eigenvalue weighted by Gasteiger charge is 2.23. The molecule has 138 valence electrons. The summed E-state index contributed by atoms with van der Waals surface area (Å²) in [7, 11) is 0. The monoisotopic (exact) mass is 376 g/mol. The largest absolute Gasteiger partial charge is 0.336 e. The molecule has 0 saturated carbocycles. The van der Waals surface area contributed by atoms with E-state index in [4.69, 9.17) is 0 Å². The summed E-state index contributed by atoms with van der Waals surface area (Å²) in [6.07, 6.45) is 2.10. The van der Waals surface area contributed by atoms with Crippen LogP contribution in [0.4, 0.5) is 0 Å². The first-order chi connectivity index (χ1) is 13.2. The van der Waals surface area contributed by atoms with Crippen molar-refractivity contribution in [1.82, 2.24) is 9.80 Å². The van der Waals surface area contributed by atoms with Crippen molar-refractivity contribution in [3.8, 4) is 0 Å². The molecule has 3 aromatic rings. The van der Waals surface area contributed by atoms with Crippen molar-refractivity contribution < 1.29 is 4.79 Å². The molecule has 27 heavy (non-hydrogen) atoms. The average Bonchev–Trinajstić information content (AvgIpc) is 2.74. The number of piperazine rings is 1. The van der Waals surface area contributed by atoms with Gasteiger partial charge in [-0.3, -0.25) is 9.69 Å². The number of carbonyl (C=O) groups is 1. The van der Waals surface area contributed by atoms with Crippen LogP contribution >= 0.6 is 11.8 Å². The Kier molecular flexibility index (Phi) is 5.46. The Morgan fingerprint density at radius 2 is 1.59 bits per heavy atom. The minimum absolute atomic E-state index is 0.149. The maximum absolute atomic E-state index is 13.1. The molecule has 1 amide bonds. The number of benzene rings is 3. The van der Waals surface area contributed by atoms with Crippen molar-refractivity contribution in [2.24, 2.45) is 0 Å². The van der Waals surface area contributed by atoms with E-state index in [2.05, 4.69) is 47.6 Å². The molecule has 1 fully saturated rings. The minimum Gasteiger partial charge on any atom is -0.336 e. The molecule has 0 unspecified atom stereocenters. The summed E-state index contributed by atoms with van der Waals surface area (Å²) in [5.74, 6) is 0.149. The van der Waals surface area contributed by atoms with Gasteiger partial charge < -0.3 is 4.90 Å². The van der Waals surface area contributed by atoms with Crippen LogP contribution in [0.3, 0.4) is 0 Å². The smallest absolute Gasteiger partial charge is 0.254 e. The number of hydrogen-bond acceptors (Lipinski definition) is 3. The molecule has 0 aromatic heterocycles. The number of amides is 1. The van der Waals surface area contributed by atoms with Crippen molar-refractivity contribution in [3.05, 3.63) is 77.9 Å². The van der Waals surface area contributed by atoms with Crippen LogP contribution in [0.5, 0.6) is 0 Å². The number of thioether (sulfide) groups is 1. The first-order valence-corrected chi connectivity index (χ1v) is 10.6. The summed E-state index contributed by atoms with van der Waals surface area (Å²) in [5, 5.41) is 2.16. The third-order valence-electron chi connectivity index (χ3n) is 5.24. The van der Waals surface area contributed by atoms with Gasteiger partial charge in [-0.2, -0.15) is 0 Å². The SMILES string of the molecule is CSc1ccc(CN2CCN(C(=O)c3cccc4ccccc34)CC2)cc1. The van der Waals surface area contributed by atoms with Crippen LogP contribution in [0, 0.1) is 0 Å². The van der Waals surface area contributed by atoms with Gasteiger partial charge in [-0.15, -0.1) is 11.8 Å². The van der Waals surface area contributed by atoms with Crippen molar-refractivity contribution in [2.75, 3.05) is 32.4 Å². The quantitative estimate of drug-likeness (QED) is 0.626. The summed E-state index contributed by atoms with van der Waals surface area (Å²) in [5.41, 5.74) is 2.15. The van der Waals surface area contributed by atoms with Crippen LogP contribution in [0.25, 0.3) is 10.8 Å². The fourth-order valence-corrected chi connectivity index (χ4v) is 4.09. The van der Waals surface area contributed by atoms with Gasteiger partial charge in [0.25, 0.3) is 5.91 Å². The van der Waals surface area contributed by atoms with Crippen molar-refractivity contribution in [1.29, 1.82) is 0 Å². The molecule has 1 aliphatic rings. The molecular weight excluding hydrogens is 352 g/mol. The van der Waals surface area contributed by atoms with Gasteiger partial charge in [0.1, 0.15) is 0 Å². The third-order valence-corrected chi connectivity index (χ3v) is 5.99. The lowest BCUT2D eigenvalue weighted by atomic mass is 10.0. The van der Waals surface area contributed by atoms with Gasteiger partial charge in [-0.25, -0.2) is 0 Å². The van der Waals surface area contributed by atoms with Crippen LogP contribution in [-0.4, -0.2) is 48.1 Å². The molecule has 0 atom stereocenters. The van der Waals surface area contributed by atoms with Gasteiger partial charge in [-0.1, -0.05) is 48.5 Å². The van der Waals surface area contributed by atoms with Crippen LogP contribution in [0.2, 0.25) is 0 Å². The fourth-order valence-electron chi connectivity index (χ4n) is 3.68. The van der Waals surface area contributed by atoms with Crippen LogP contribution < -0.4 is 0 Å². The van der Waals surface area contributed by atoms with E-state index in [0.29, 0.717) is 0 Å². The average molecular weight is 377 g/mol. The van der Waals surface area contributed by atoms with Gasteiger partial charge in [0.15, 0.2) is 0 Å². The zero-order chi connectivity index (χ0) is 18.6. The number of rotatable bonds is 4. The zero-order valence-corrected chi connectivity index (χ0v) is 16.4. The van der Waals surface area contributed by atoms with E-state index in [1.54, 1.807) is 11.8 Å². The van der Waals surface area contributed by atoms with E-state index >= 15 is 0 Å². The van der Waals surface area contributed by atoms with Crippen LogP contribution in [0.1, 0.15) is 15.9 Å². The molecule has 0 N–H and O–H groups in total. The summed E-state index contributed by atoms with van der Waals surface area (Å²) in [6.45, 7) is 4.35. The molecule has 3 nitrogen and oxygen atoms in total. The van der Waals surface area contributed by atoms with Crippen molar-refractivity contribution in [3.63, 3.8) is 0 Å². The molecule has 0 spiro atoms. The summed E-state index contributed by atoms with van der Waals surface area (Å²) in [6, 6.07) is 22.9. The van der Waals surface area contributed by atoms with Gasteiger partial charge in [0.2, 0.25) is 0 Å². The highest BCUT2D eigenvalue weighted by molar-refractivity contribution is 7.98. The molecule has 0 radical (unpaired) electrons. The molecule has 0 aliphatic carbocycles. The van der Waals surface area contributed by atoms with E-state index in [1.807, 2.05) is 35.2 Å².